The van der Waals surface area contributed by atoms with E-state index in [1.807, 2.05) is 4.90 Å². The van der Waals surface area contributed by atoms with Gasteiger partial charge in [0.05, 0.1) is 0 Å². The van der Waals surface area contributed by atoms with Crippen LogP contribution < -0.4 is 4.90 Å². The Balaban J connectivity index is 1.78. The maximum atomic E-state index is 11.2. The molecule has 1 N–H and O–H groups in total. The molecule has 0 spiro atoms. The van der Waals surface area contributed by atoms with Gasteiger partial charge < -0.3 is 10.0 Å². The Hall–Kier alpha value is -1.33. The number of hydrogen-bond acceptors (Lipinski definition) is 4. The number of piperazine rings is 1. The minimum atomic E-state index is -0.955. The highest BCUT2D eigenvalue weighted by Gasteiger charge is 2.32. The third kappa shape index (κ3) is 2.67. The van der Waals surface area contributed by atoms with Crippen LogP contribution >= 0.6 is 11.6 Å². The second-order valence-electron chi connectivity index (χ2n) is 5.06. The Bertz CT molecular complexity index is 497. The van der Waals surface area contributed by atoms with Crippen LogP contribution in [0.2, 0.25) is 5.15 Å². The molecule has 0 radical (unpaired) electrons. The molecule has 0 aromatic carbocycles. The van der Waals surface area contributed by atoms with Crippen molar-refractivity contribution in [3.8, 4) is 0 Å². The van der Waals surface area contributed by atoms with Crippen LogP contribution in [0.3, 0.4) is 0 Å². The van der Waals surface area contributed by atoms with Crippen LogP contribution in [-0.4, -0.2) is 53.2 Å². The van der Waals surface area contributed by atoms with E-state index in [0.717, 1.165) is 32.2 Å². The predicted molar refractivity (Wildman–Crippen MR) is 73.0 cm³/mol. The van der Waals surface area contributed by atoms with E-state index >= 15 is 0 Å². The van der Waals surface area contributed by atoms with Gasteiger partial charge in [-0.05, 0) is 25.0 Å². The molecule has 2 fully saturated rings. The van der Waals surface area contributed by atoms with E-state index in [1.165, 1.54) is 25.0 Å². The second-order valence-corrected chi connectivity index (χ2v) is 5.45. The minimum Gasteiger partial charge on any atom is -0.478 e. The first-order valence-electron chi connectivity index (χ1n) is 6.54. The Kier molecular flexibility index (Phi) is 3.33. The van der Waals surface area contributed by atoms with Crippen molar-refractivity contribution in [1.82, 2.24) is 9.88 Å². The molecule has 6 heteroatoms. The quantitative estimate of drug-likeness (QED) is 0.855. The SMILES string of the molecule is O=C(O)c1ccc(Cl)nc1N1CCN(C2CC2)CC1. The average molecular weight is 282 g/mol. The van der Waals surface area contributed by atoms with Crippen LogP contribution in [0.5, 0.6) is 0 Å². The fraction of sp³-hybridized carbons (Fsp3) is 0.538. The number of rotatable bonds is 3. The molecular weight excluding hydrogens is 266 g/mol. The molecule has 0 bridgehead atoms. The van der Waals surface area contributed by atoms with Gasteiger partial charge >= 0.3 is 5.97 Å². The zero-order chi connectivity index (χ0) is 13.4. The van der Waals surface area contributed by atoms with E-state index in [2.05, 4.69) is 9.88 Å². The van der Waals surface area contributed by atoms with E-state index in [4.69, 9.17) is 11.6 Å². The summed E-state index contributed by atoms with van der Waals surface area (Å²) >= 11 is 5.89. The highest BCUT2D eigenvalue weighted by Crippen LogP contribution is 2.29. The Labute approximate surface area is 116 Å². The summed E-state index contributed by atoms with van der Waals surface area (Å²) in [6.45, 7) is 3.56. The standard InChI is InChI=1S/C13H16ClN3O2/c14-11-4-3-10(13(18)19)12(15-11)17-7-5-16(6-8-17)9-1-2-9/h3-4,9H,1-2,5-8H2,(H,18,19). The van der Waals surface area contributed by atoms with Crippen molar-refractivity contribution in [1.29, 1.82) is 0 Å². The highest BCUT2D eigenvalue weighted by atomic mass is 35.5. The first kappa shape index (κ1) is 12.7. The largest absolute Gasteiger partial charge is 0.478 e. The first-order valence-corrected chi connectivity index (χ1v) is 6.92. The van der Waals surface area contributed by atoms with E-state index in [-0.39, 0.29) is 5.56 Å². The first-order chi connectivity index (χ1) is 9.15. The third-order valence-corrected chi connectivity index (χ3v) is 3.96. The van der Waals surface area contributed by atoms with Crippen LogP contribution in [0.1, 0.15) is 23.2 Å². The molecule has 102 valence electrons. The van der Waals surface area contributed by atoms with Crippen molar-refractivity contribution in [3.05, 3.63) is 22.8 Å². The lowest BCUT2D eigenvalue weighted by Crippen LogP contribution is -2.47. The van der Waals surface area contributed by atoms with Gasteiger partial charge in [0.15, 0.2) is 0 Å². The van der Waals surface area contributed by atoms with Crippen LogP contribution in [0.25, 0.3) is 0 Å². The molecule has 1 saturated heterocycles. The molecule has 1 saturated carbocycles. The number of carboxylic acid groups (broad SMARTS) is 1. The predicted octanol–water partition coefficient (Wildman–Crippen LogP) is 1.72. The number of anilines is 1. The van der Waals surface area contributed by atoms with E-state index in [0.29, 0.717) is 11.0 Å². The Morgan fingerprint density at radius 2 is 1.95 bits per heavy atom. The molecule has 0 atom stereocenters. The third-order valence-electron chi connectivity index (χ3n) is 3.75. The molecular formula is C13H16ClN3O2. The smallest absolute Gasteiger partial charge is 0.339 e. The molecule has 2 heterocycles. The number of carbonyl (C=O) groups is 1. The molecule has 0 unspecified atom stereocenters. The summed E-state index contributed by atoms with van der Waals surface area (Å²) in [4.78, 5) is 19.9. The summed E-state index contributed by atoms with van der Waals surface area (Å²) in [7, 11) is 0. The van der Waals surface area contributed by atoms with Gasteiger partial charge in [-0.15, -0.1) is 0 Å². The molecule has 1 aliphatic carbocycles. The van der Waals surface area contributed by atoms with Gasteiger partial charge in [0, 0.05) is 32.2 Å². The summed E-state index contributed by atoms with van der Waals surface area (Å²) in [5.74, 6) is -0.459. The van der Waals surface area contributed by atoms with Gasteiger partial charge in [0.1, 0.15) is 16.5 Å². The molecule has 1 aliphatic heterocycles. The molecule has 5 nitrogen and oxygen atoms in total. The topological polar surface area (TPSA) is 56.7 Å². The van der Waals surface area contributed by atoms with Gasteiger partial charge in [-0.3, -0.25) is 4.90 Å². The fourth-order valence-corrected chi connectivity index (χ4v) is 2.71. The lowest BCUT2D eigenvalue weighted by molar-refractivity contribution is 0.0697. The van der Waals surface area contributed by atoms with Crippen LogP contribution in [-0.2, 0) is 0 Å². The van der Waals surface area contributed by atoms with Crippen LogP contribution in [0.4, 0.5) is 5.82 Å². The maximum Gasteiger partial charge on any atom is 0.339 e. The van der Waals surface area contributed by atoms with Crippen LogP contribution in [0, 0.1) is 0 Å². The van der Waals surface area contributed by atoms with Crippen molar-refractivity contribution in [2.75, 3.05) is 31.1 Å². The Morgan fingerprint density at radius 1 is 1.26 bits per heavy atom. The summed E-state index contributed by atoms with van der Waals surface area (Å²) in [6.07, 6.45) is 2.60. The van der Waals surface area contributed by atoms with Gasteiger partial charge in [0.2, 0.25) is 0 Å². The van der Waals surface area contributed by atoms with E-state index in [9.17, 15) is 9.90 Å². The summed E-state index contributed by atoms with van der Waals surface area (Å²) < 4.78 is 0. The van der Waals surface area contributed by atoms with Gasteiger partial charge in [-0.25, -0.2) is 9.78 Å². The number of hydrogen-bond donors (Lipinski definition) is 1. The molecule has 19 heavy (non-hydrogen) atoms. The van der Waals surface area contributed by atoms with Crippen LogP contribution in [0.15, 0.2) is 12.1 Å². The lowest BCUT2D eigenvalue weighted by atomic mass is 10.2. The monoisotopic (exact) mass is 281 g/mol. The second kappa shape index (κ2) is 4.98. The van der Waals surface area contributed by atoms with E-state index < -0.39 is 5.97 Å². The minimum absolute atomic E-state index is 0.226. The zero-order valence-corrected chi connectivity index (χ0v) is 11.3. The van der Waals surface area contributed by atoms with Crippen molar-refractivity contribution >= 4 is 23.4 Å². The average Bonchev–Trinajstić information content (AvgIpc) is 3.23. The lowest BCUT2D eigenvalue weighted by Gasteiger charge is -2.36. The summed E-state index contributed by atoms with van der Waals surface area (Å²) in [6, 6.07) is 3.81. The molecule has 3 rings (SSSR count). The molecule has 1 aromatic rings. The summed E-state index contributed by atoms with van der Waals surface area (Å²) in [5.41, 5.74) is 0.226. The number of nitrogens with zero attached hydrogens (tertiary/aromatic N) is 3. The maximum absolute atomic E-state index is 11.2. The number of aromatic carboxylic acids is 1. The number of pyridine rings is 1. The fourth-order valence-electron chi connectivity index (χ4n) is 2.57. The Morgan fingerprint density at radius 3 is 2.53 bits per heavy atom. The molecule has 1 aromatic heterocycles. The van der Waals surface area contributed by atoms with Crippen molar-refractivity contribution in [3.63, 3.8) is 0 Å². The number of aromatic nitrogens is 1. The number of halogens is 1. The highest BCUT2D eigenvalue weighted by molar-refractivity contribution is 6.29. The van der Waals surface area contributed by atoms with E-state index in [1.54, 1.807) is 0 Å². The van der Waals surface area contributed by atoms with Crippen molar-refractivity contribution in [2.24, 2.45) is 0 Å². The van der Waals surface area contributed by atoms with Crippen molar-refractivity contribution in [2.45, 2.75) is 18.9 Å². The zero-order valence-electron chi connectivity index (χ0n) is 10.5. The van der Waals surface area contributed by atoms with Gasteiger partial charge in [-0.2, -0.15) is 0 Å². The molecule has 0 amide bonds. The van der Waals surface area contributed by atoms with Crippen molar-refractivity contribution < 1.29 is 9.90 Å². The van der Waals surface area contributed by atoms with Gasteiger partial charge in [0.25, 0.3) is 0 Å². The normalized spacial score (nSPS) is 20.6. The summed E-state index contributed by atoms with van der Waals surface area (Å²) in [5, 5.41) is 9.55. The number of carboxylic acids is 1. The molecule has 2 aliphatic rings. The van der Waals surface area contributed by atoms with Gasteiger partial charge in [-0.1, -0.05) is 11.6 Å².